The minimum atomic E-state index is -0.309. The highest BCUT2D eigenvalue weighted by atomic mass is 32.1. The predicted molar refractivity (Wildman–Crippen MR) is 101 cm³/mol. The summed E-state index contributed by atoms with van der Waals surface area (Å²) in [5.74, 6) is 1.38. The molecule has 1 N–H and O–H groups in total. The van der Waals surface area contributed by atoms with Gasteiger partial charge in [-0.3, -0.25) is 10.1 Å². The van der Waals surface area contributed by atoms with Crippen molar-refractivity contribution >= 4 is 28.2 Å². The average molecular weight is 374 g/mol. The number of hydrogen-bond donors (Lipinski definition) is 1. The zero-order chi connectivity index (χ0) is 18.9. The molecule has 138 valence electrons. The van der Waals surface area contributed by atoms with Crippen LogP contribution in [0.25, 0.3) is 4.96 Å². The largest absolute Gasteiger partial charge is 0.497 e. The number of anilines is 1. The third kappa shape index (κ3) is 3.80. The molecule has 3 aromatic rings. The van der Waals surface area contributed by atoms with E-state index in [4.69, 9.17) is 9.47 Å². The number of aryl methyl sites for hydroxylation is 1. The summed E-state index contributed by atoms with van der Waals surface area (Å²) in [4.78, 5) is 17.2. The fourth-order valence-corrected chi connectivity index (χ4v) is 3.30. The fraction of sp³-hybridized carbons (Fsp3) is 0.389. The Hall–Kier alpha value is -2.61. The highest BCUT2D eigenvalue weighted by molar-refractivity contribution is 7.15. The summed E-state index contributed by atoms with van der Waals surface area (Å²) in [7, 11) is 1.63. The van der Waals surface area contributed by atoms with Crippen LogP contribution in [0, 0.1) is 6.92 Å². The number of carbonyl (C=O) groups is 1. The van der Waals surface area contributed by atoms with E-state index in [0.29, 0.717) is 5.75 Å². The van der Waals surface area contributed by atoms with Crippen LogP contribution in [0.15, 0.2) is 23.6 Å². The average Bonchev–Trinajstić information content (AvgIpc) is 3.13. The second-order valence-electron chi connectivity index (χ2n) is 6.96. The number of fused-ring (bicyclic) bond motifs is 1. The van der Waals surface area contributed by atoms with Crippen LogP contribution in [0.5, 0.6) is 11.5 Å². The van der Waals surface area contributed by atoms with Crippen LogP contribution in [0.1, 0.15) is 32.0 Å². The van der Waals surface area contributed by atoms with Crippen LogP contribution >= 0.6 is 11.3 Å². The third-order valence-electron chi connectivity index (χ3n) is 3.85. The van der Waals surface area contributed by atoms with Gasteiger partial charge in [-0.1, -0.05) is 20.8 Å². The minimum absolute atomic E-state index is 0.124. The normalized spacial score (nSPS) is 11.6. The van der Waals surface area contributed by atoms with Crippen LogP contribution < -0.4 is 14.8 Å². The van der Waals surface area contributed by atoms with Crippen molar-refractivity contribution in [1.82, 2.24) is 14.6 Å². The molecule has 7 nitrogen and oxygen atoms in total. The van der Waals surface area contributed by atoms with E-state index in [1.807, 2.05) is 30.5 Å². The van der Waals surface area contributed by atoms with Gasteiger partial charge in [0.1, 0.15) is 11.5 Å². The lowest BCUT2D eigenvalue weighted by Crippen LogP contribution is -2.22. The van der Waals surface area contributed by atoms with Gasteiger partial charge < -0.3 is 9.47 Å². The molecule has 1 amide bonds. The van der Waals surface area contributed by atoms with Crippen LogP contribution in [-0.2, 0) is 10.2 Å². The molecule has 0 aliphatic heterocycles. The van der Waals surface area contributed by atoms with Crippen molar-refractivity contribution in [2.24, 2.45) is 0 Å². The third-order valence-corrected chi connectivity index (χ3v) is 4.79. The fourth-order valence-electron chi connectivity index (χ4n) is 2.50. The number of aromatic nitrogens is 3. The van der Waals surface area contributed by atoms with Crippen molar-refractivity contribution < 1.29 is 14.3 Å². The molecule has 8 heteroatoms. The summed E-state index contributed by atoms with van der Waals surface area (Å²) >= 11 is 1.48. The molecule has 0 saturated carbocycles. The first kappa shape index (κ1) is 18.2. The number of nitrogens with one attached hydrogen (secondary N) is 1. The van der Waals surface area contributed by atoms with E-state index >= 15 is 0 Å². The van der Waals surface area contributed by atoms with Gasteiger partial charge in [-0.2, -0.15) is 4.98 Å². The standard InChI is InChI=1S/C18H22N4O3S/c1-11-10-26-17-20-16(21-22(11)17)19-15(23)9-25-14-7-6-12(24-5)8-13(14)18(2,3)4/h6-8,10H,9H2,1-5H3,(H,19,21,23). The summed E-state index contributed by atoms with van der Waals surface area (Å²) < 4.78 is 12.7. The van der Waals surface area contributed by atoms with Gasteiger partial charge in [0, 0.05) is 10.9 Å². The summed E-state index contributed by atoms with van der Waals surface area (Å²) in [5, 5.41) is 8.89. The highest BCUT2D eigenvalue weighted by Crippen LogP contribution is 2.34. The lowest BCUT2D eigenvalue weighted by Gasteiger charge is -2.23. The maximum Gasteiger partial charge on any atom is 0.264 e. The Balaban J connectivity index is 1.69. The zero-order valence-electron chi connectivity index (χ0n) is 15.5. The van der Waals surface area contributed by atoms with E-state index in [-0.39, 0.29) is 23.9 Å². The van der Waals surface area contributed by atoms with Crippen LogP contribution in [0.2, 0.25) is 0 Å². The second-order valence-corrected chi connectivity index (χ2v) is 7.79. The molecule has 0 spiro atoms. The van der Waals surface area contributed by atoms with Gasteiger partial charge in [0.05, 0.1) is 12.8 Å². The zero-order valence-corrected chi connectivity index (χ0v) is 16.3. The number of methoxy groups -OCH3 is 1. The Morgan fingerprint density at radius 3 is 2.77 bits per heavy atom. The monoisotopic (exact) mass is 374 g/mol. The molecule has 0 aliphatic carbocycles. The maximum absolute atomic E-state index is 12.2. The molecule has 0 saturated heterocycles. The molecule has 0 bridgehead atoms. The molecule has 0 atom stereocenters. The number of amides is 1. The number of ether oxygens (including phenoxy) is 2. The number of thiazole rings is 1. The van der Waals surface area contributed by atoms with Gasteiger partial charge in [-0.05, 0) is 30.5 Å². The highest BCUT2D eigenvalue weighted by Gasteiger charge is 2.21. The van der Waals surface area contributed by atoms with Crippen molar-refractivity contribution in [1.29, 1.82) is 0 Å². The van der Waals surface area contributed by atoms with E-state index in [2.05, 4.69) is 36.2 Å². The summed E-state index contributed by atoms with van der Waals surface area (Å²) in [6.07, 6.45) is 0. The first-order valence-corrected chi connectivity index (χ1v) is 9.08. The van der Waals surface area contributed by atoms with Gasteiger partial charge in [0.25, 0.3) is 11.9 Å². The molecule has 0 radical (unpaired) electrons. The van der Waals surface area contributed by atoms with Crippen LogP contribution in [0.4, 0.5) is 5.95 Å². The first-order valence-electron chi connectivity index (χ1n) is 8.20. The molecule has 0 fully saturated rings. The number of nitrogens with zero attached hydrogens (tertiary/aromatic N) is 3. The Bertz CT molecular complexity index is 940. The topological polar surface area (TPSA) is 77.8 Å². The van der Waals surface area contributed by atoms with E-state index in [9.17, 15) is 4.79 Å². The SMILES string of the molecule is COc1ccc(OCC(=O)Nc2nc3scc(C)n3n2)c(C(C)(C)C)c1. The quantitative estimate of drug-likeness (QED) is 0.740. The van der Waals surface area contributed by atoms with Gasteiger partial charge in [0.2, 0.25) is 4.96 Å². The van der Waals surface area contributed by atoms with Gasteiger partial charge >= 0.3 is 0 Å². The lowest BCUT2D eigenvalue weighted by molar-refractivity contribution is -0.118. The summed E-state index contributed by atoms with van der Waals surface area (Å²) in [6.45, 7) is 8.06. The predicted octanol–water partition coefficient (Wildman–Crippen LogP) is 3.42. The molecule has 1 aromatic carbocycles. The first-order chi connectivity index (χ1) is 12.3. The number of carbonyl (C=O) groups excluding carboxylic acids is 1. The molecule has 2 aromatic heterocycles. The number of hydrogen-bond acceptors (Lipinski definition) is 6. The smallest absolute Gasteiger partial charge is 0.264 e. The van der Waals surface area contributed by atoms with E-state index in [1.165, 1.54) is 11.3 Å². The Morgan fingerprint density at radius 2 is 2.12 bits per heavy atom. The van der Waals surface area contributed by atoms with E-state index < -0.39 is 0 Å². The Labute approximate surface area is 156 Å². The van der Waals surface area contributed by atoms with Crippen molar-refractivity contribution in [3.05, 3.63) is 34.8 Å². The molecule has 3 rings (SSSR count). The second kappa shape index (κ2) is 6.95. The molecular formula is C18H22N4O3S. The molecule has 0 aliphatic rings. The van der Waals surface area contributed by atoms with Crippen LogP contribution in [0.3, 0.4) is 0 Å². The van der Waals surface area contributed by atoms with E-state index in [1.54, 1.807) is 11.6 Å². The van der Waals surface area contributed by atoms with Crippen LogP contribution in [-0.4, -0.2) is 34.2 Å². The van der Waals surface area contributed by atoms with Crippen molar-refractivity contribution in [3.63, 3.8) is 0 Å². The van der Waals surface area contributed by atoms with Crippen molar-refractivity contribution in [3.8, 4) is 11.5 Å². The van der Waals surface area contributed by atoms with Crippen molar-refractivity contribution in [2.45, 2.75) is 33.1 Å². The lowest BCUT2D eigenvalue weighted by atomic mass is 9.86. The molecule has 26 heavy (non-hydrogen) atoms. The van der Waals surface area contributed by atoms with Gasteiger partial charge in [-0.25, -0.2) is 4.52 Å². The Morgan fingerprint density at radius 1 is 1.35 bits per heavy atom. The minimum Gasteiger partial charge on any atom is -0.497 e. The van der Waals surface area contributed by atoms with Gasteiger partial charge in [0.15, 0.2) is 6.61 Å². The van der Waals surface area contributed by atoms with Gasteiger partial charge in [-0.15, -0.1) is 16.4 Å². The number of benzene rings is 1. The molecule has 2 heterocycles. The summed E-state index contributed by atoms with van der Waals surface area (Å²) in [6, 6.07) is 5.57. The van der Waals surface area contributed by atoms with E-state index in [0.717, 1.165) is 22.0 Å². The number of rotatable bonds is 5. The van der Waals surface area contributed by atoms with Crippen molar-refractivity contribution in [2.75, 3.05) is 19.0 Å². The summed E-state index contributed by atoms with van der Waals surface area (Å²) in [5.41, 5.74) is 1.80. The Kier molecular flexibility index (Phi) is 4.86. The molecular weight excluding hydrogens is 352 g/mol. The molecule has 0 unspecified atom stereocenters. The maximum atomic E-state index is 12.2.